The number of aldehydes is 1. The van der Waals surface area contributed by atoms with Crippen LogP contribution in [0.5, 0.6) is 0 Å². The van der Waals surface area contributed by atoms with Gasteiger partial charge in [-0.15, -0.1) is 0 Å². The summed E-state index contributed by atoms with van der Waals surface area (Å²) in [6.45, 7) is 13.3. The normalized spacial score (nSPS) is 12.1. The third-order valence-electron chi connectivity index (χ3n) is 4.07. The molecule has 0 atom stereocenters. The fourth-order valence-corrected chi connectivity index (χ4v) is 2.64. The molecule has 0 heterocycles. The summed E-state index contributed by atoms with van der Waals surface area (Å²) >= 11 is 0. The van der Waals surface area contributed by atoms with E-state index in [1.807, 2.05) is 0 Å². The highest BCUT2D eigenvalue weighted by Crippen LogP contribution is 2.37. The Labute approximate surface area is 134 Å². The van der Waals surface area contributed by atoms with Crippen molar-refractivity contribution < 1.29 is 18.8 Å². The van der Waals surface area contributed by atoms with Crippen LogP contribution in [0.1, 0.15) is 54.0 Å². The molecule has 0 aliphatic rings. The Morgan fingerprint density at radius 1 is 1.23 bits per heavy atom. The second-order valence-electron chi connectivity index (χ2n) is 6.85. The van der Waals surface area contributed by atoms with E-state index in [-0.39, 0.29) is 5.04 Å². The number of benzene rings is 1. The first-order valence-corrected chi connectivity index (χ1v) is 10.4. The maximum absolute atomic E-state index is 11.9. The van der Waals surface area contributed by atoms with Gasteiger partial charge in [-0.1, -0.05) is 20.8 Å². The van der Waals surface area contributed by atoms with Crippen LogP contribution in [0, 0.1) is 0 Å². The molecule has 22 heavy (non-hydrogen) atoms. The highest BCUT2D eigenvalue weighted by Gasteiger charge is 2.37. The smallest absolute Gasteiger partial charge is 0.338 e. The Kier molecular flexibility index (Phi) is 6.08. The van der Waals surface area contributed by atoms with Gasteiger partial charge < -0.3 is 9.16 Å². The van der Waals surface area contributed by atoms with Crippen LogP contribution in [-0.2, 0) is 15.8 Å². The number of rotatable bonds is 6. The van der Waals surface area contributed by atoms with Gasteiger partial charge in [0.25, 0.3) is 0 Å². The van der Waals surface area contributed by atoms with Crippen molar-refractivity contribution in [3.8, 4) is 0 Å². The average molecular weight is 322 g/mol. The van der Waals surface area contributed by atoms with Crippen LogP contribution in [0.2, 0.25) is 18.1 Å². The van der Waals surface area contributed by atoms with Crippen LogP contribution in [0.3, 0.4) is 0 Å². The van der Waals surface area contributed by atoms with E-state index >= 15 is 0 Å². The van der Waals surface area contributed by atoms with Crippen molar-refractivity contribution in [2.24, 2.45) is 0 Å². The molecular weight excluding hydrogens is 296 g/mol. The molecule has 5 heteroatoms. The second kappa shape index (κ2) is 7.20. The van der Waals surface area contributed by atoms with Crippen LogP contribution in [0.4, 0.5) is 0 Å². The third kappa shape index (κ3) is 4.78. The molecule has 1 aromatic rings. The van der Waals surface area contributed by atoms with Crippen molar-refractivity contribution in [1.29, 1.82) is 0 Å². The van der Waals surface area contributed by atoms with E-state index in [0.29, 0.717) is 24.3 Å². The van der Waals surface area contributed by atoms with Crippen molar-refractivity contribution in [3.05, 3.63) is 34.9 Å². The topological polar surface area (TPSA) is 52.6 Å². The van der Waals surface area contributed by atoms with E-state index in [1.165, 1.54) is 0 Å². The van der Waals surface area contributed by atoms with Crippen LogP contribution in [0.15, 0.2) is 18.2 Å². The quantitative estimate of drug-likeness (QED) is 0.447. The first kappa shape index (κ1) is 18.6. The van der Waals surface area contributed by atoms with Gasteiger partial charge >= 0.3 is 5.97 Å². The van der Waals surface area contributed by atoms with E-state index < -0.39 is 14.3 Å². The van der Waals surface area contributed by atoms with Crippen molar-refractivity contribution in [2.45, 2.75) is 52.4 Å². The van der Waals surface area contributed by atoms with Gasteiger partial charge in [0.15, 0.2) is 8.32 Å². The Hall–Kier alpha value is -1.46. The molecule has 122 valence electrons. The summed E-state index contributed by atoms with van der Waals surface area (Å²) in [5.41, 5.74) is 1.66. The molecule has 0 saturated heterocycles. The minimum absolute atomic E-state index is 0.110. The maximum atomic E-state index is 11.9. The number of carbonyl (C=O) groups is 2. The Balaban J connectivity index is 2.98. The minimum Gasteiger partial charge on any atom is -0.462 e. The van der Waals surface area contributed by atoms with E-state index in [1.54, 1.807) is 25.1 Å². The zero-order valence-electron chi connectivity index (χ0n) is 14.4. The summed E-state index contributed by atoms with van der Waals surface area (Å²) < 4.78 is 11.1. The van der Waals surface area contributed by atoms with Crippen molar-refractivity contribution >= 4 is 20.6 Å². The molecule has 0 unspecified atom stereocenters. The lowest BCUT2D eigenvalue weighted by Crippen LogP contribution is -2.40. The molecule has 0 bridgehead atoms. The van der Waals surface area contributed by atoms with E-state index in [2.05, 4.69) is 33.9 Å². The maximum Gasteiger partial charge on any atom is 0.338 e. The molecular formula is C17H26O4Si. The molecule has 0 fully saturated rings. The molecule has 0 N–H and O–H groups in total. The fraction of sp³-hybridized carbons (Fsp3) is 0.529. The van der Waals surface area contributed by atoms with Crippen molar-refractivity contribution in [3.63, 3.8) is 0 Å². The average Bonchev–Trinajstić information content (AvgIpc) is 2.44. The highest BCUT2D eigenvalue weighted by atomic mass is 28.4. The van der Waals surface area contributed by atoms with Crippen molar-refractivity contribution in [2.75, 3.05) is 6.61 Å². The van der Waals surface area contributed by atoms with Gasteiger partial charge in [-0.25, -0.2) is 4.79 Å². The lowest BCUT2D eigenvalue weighted by atomic mass is 10.1. The fourth-order valence-electron chi connectivity index (χ4n) is 1.68. The van der Waals surface area contributed by atoms with E-state index in [0.717, 1.165) is 11.8 Å². The van der Waals surface area contributed by atoms with Crippen LogP contribution in [-0.4, -0.2) is 27.2 Å². The summed E-state index contributed by atoms with van der Waals surface area (Å²) in [6.07, 6.45) is 0.735. The zero-order chi connectivity index (χ0) is 17.0. The molecule has 1 aromatic carbocycles. The van der Waals surface area contributed by atoms with Gasteiger partial charge in [-0.2, -0.15) is 0 Å². The third-order valence-corrected chi connectivity index (χ3v) is 8.55. The SMILES string of the molecule is CCOC(=O)c1cc(C=O)cc(CO[Si](C)(C)C(C)(C)C)c1. The molecule has 0 aliphatic heterocycles. The van der Waals surface area contributed by atoms with Crippen molar-refractivity contribution in [1.82, 2.24) is 0 Å². The van der Waals surface area contributed by atoms with Crippen LogP contribution in [0.25, 0.3) is 0 Å². The predicted octanol–water partition coefficient (Wildman–Crippen LogP) is 4.20. The Morgan fingerprint density at radius 3 is 2.36 bits per heavy atom. The first-order chi connectivity index (χ1) is 10.1. The van der Waals surface area contributed by atoms with Gasteiger partial charge in [-0.3, -0.25) is 4.79 Å². The predicted molar refractivity (Wildman–Crippen MR) is 89.8 cm³/mol. The first-order valence-electron chi connectivity index (χ1n) is 7.51. The monoisotopic (exact) mass is 322 g/mol. The number of carbonyl (C=O) groups excluding carboxylic acids is 2. The molecule has 0 radical (unpaired) electrons. The van der Waals surface area contributed by atoms with Crippen LogP contribution >= 0.6 is 0 Å². The van der Waals surface area contributed by atoms with E-state index in [4.69, 9.17) is 9.16 Å². The number of ether oxygens (including phenoxy) is 1. The summed E-state index contributed by atoms with van der Waals surface area (Å²) in [5, 5.41) is 0.110. The van der Waals surface area contributed by atoms with Gasteiger partial charge in [-0.05, 0) is 48.8 Å². The Morgan fingerprint density at radius 2 is 1.86 bits per heavy atom. The minimum atomic E-state index is -1.88. The largest absolute Gasteiger partial charge is 0.462 e. The second-order valence-corrected chi connectivity index (χ2v) is 11.7. The Bertz CT molecular complexity index is 544. The standard InChI is InChI=1S/C17H26O4Si/c1-7-20-16(19)15-9-13(11-18)8-14(10-15)12-21-22(5,6)17(2,3)4/h8-11H,7,12H2,1-6H3. The highest BCUT2D eigenvalue weighted by molar-refractivity contribution is 6.74. The summed E-state index contributed by atoms with van der Waals surface area (Å²) in [7, 11) is -1.88. The molecule has 0 aromatic heterocycles. The van der Waals surface area contributed by atoms with Gasteiger partial charge in [0.05, 0.1) is 18.8 Å². The molecule has 0 amide bonds. The van der Waals surface area contributed by atoms with Gasteiger partial charge in [0, 0.05) is 5.56 Å². The lowest BCUT2D eigenvalue weighted by Gasteiger charge is -2.36. The van der Waals surface area contributed by atoms with E-state index in [9.17, 15) is 9.59 Å². The summed E-state index contributed by atoms with van der Waals surface area (Å²) in [4.78, 5) is 22.9. The summed E-state index contributed by atoms with van der Waals surface area (Å²) in [6, 6.07) is 5.03. The molecule has 0 aliphatic carbocycles. The van der Waals surface area contributed by atoms with Crippen LogP contribution < -0.4 is 0 Å². The zero-order valence-corrected chi connectivity index (χ0v) is 15.4. The number of esters is 1. The number of hydrogen-bond donors (Lipinski definition) is 0. The molecule has 1 rings (SSSR count). The summed E-state index contributed by atoms with van der Waals surface area (Å²) in [5.74, 6) is -0.417. The lowest BCUT2D eigenvalue weighted by molar-refractivity contribution is 0.0526. The van der Waals surface area contributed by atoms with Gasteiger partial charge in [0.1, 0.15) is 6.29 Å². The molecule has 0 saturated carbocycles. The molecule has 4 nitrogen and oxygen atoms in total. The molecule has 0 spiro atoms. The number of hydrogen-bond acceptors (Lipinski definition) is 4. The van der Waals surface area contributed by atoms with Gasteiger partial charge in [0.2, 0.25) is 0 Å².